The van der Waals surface area contributed by atoms with Crippen molar-refractivity contribution in [1.29, 1.82) is 5.26 Å². The number of ether oxygens (including phenoxy) is 1. The molecule has 0 amide bonds. The van der Waals surface area contributed by atoms with Crippen LogP contribution in [-0.4, -0.2) is 35.2 Å². The van der Waals surface area contributed by atoms with Crippen LogP contribution in [0.4, 0.5) is 0 Å². The second-order valence-electron chi connectivity index (χ2n) is 4.13. The molecule has 0 unspecified atom stereocenters. The molecule has 0 radical (unpaired) electrons. The average molecular weight is 334 g/mol. The summed E-state index contributed by atoms with van der Waals surface area (Å²) in [4.78, 5) is 0.0366. The van der Waals surface area contributed by atoms with Crippen LogP contribution in [0.25, 0.3) is 0 Å². The van der Waals surface area contributed by atoms with E-state index in [2.05, 4.69) is 10.0 Å². The largest absolute Gasteiger partial charge is 0.495 e. The normalized spacial score (nSPS) is 10.5. The summed E-state index contributed by atoms with van der Waals surface area (Å²) >= 11 is 0. The third kappa shape index (κ3) is 5.89. The molecule has 0 atom stereocenters. The number of sulfonamides is 1. The predicted molar refractivity (Wildman–Crippen MR) is 83.3 cm³/mol. The van der Waals surface area contributed by atoms with E-state index in [9.17, 15) is 8.42 Å². The molecule has 1 aromatic carbocycles. The lowest BCUT2D eigenvalue weighted by atomic mass is 10.2. The van der Waals surface area contributed by atoms with Gasteiger partial charge in [0, 0.05) is 13.1 Å². The van der Waals surface area contributed by atoms with Gasteiger partial charge in [0.2, 0.25) is 10.0 Å². The maximum atomic E-state index is 12.1. The maximum Gasteiger partial charge on any atom is 0.244 e. The van der Waals surface area contributed by atoms with Crippen LogP contribution in [0, 0.1) is 11.3 Å². The number of benzene rings is 1. The van der Waals surface area contributed by atoms with Gasteiger partial charge in [-0.3, -0.25) is 0 Å². The second-order valence-corrected chi connectivity index (χ2v) is 5.86. The Hall–Kier alpha value is -1.33. The van der Waals surface area contributed by atoms with Crippen LogP contribution in [0.3, 0.4) is 0 Å². The van der Waals surface area contributed by atoms with Crippen molar-refractivity contribution in [3.63, 3.8) is 0 Å². The topological polar surface area (TPSA) is 91.2 Å². The van der Waals surface area contributed by atoms with Crippen molar-refractivity contribution in [1.82, 2.24) is 10.0 Å². The third-order valence-corrected chi connectivity index (χ3v) is 4.10. The van der Waals surface area contributed by atoms with Gasteiger partial charge in [-0.2, -0.15) is 5.26 Å². The number of nitrogens with one attached hydrogen (secondary N) is 2. The number of rotatable bonds is 8. The Morgan fingerprint density at radius 3 is 2.57 bits per heavy atom. The minimum Gasteiger partial charge on any atom is -0.495 e. The van der Waals surface area contributed by atoms with Gasteiger partial charge in [-0.05, 0) is 31.2 Å². The Morgan fingerprint density at radius 2 is 2.00 bits per heavy atom. The van der Waals surface area contributed by atoms with Crippen LogP contribution in [0.15, 0.2) is 23.1 Å². The Labute approximate surface area is 132 Å². The Kier molecular flexibility index (Phi) is 8.97. The molecule has 1 aromatic rings. The predicted octanol–water partition coefficient (Wildman–Crippen LogP) is 1.27. The molecule has 8 heteroatoms. The first kappa shape index (κ1) is 19.7. The summed E-state index contributed by atoms with van der Waals surface area (Å²) in [6, 6.07) is 6.17. The highest BCUT2D eigenvalue weighted by molar-refractivity contribution is 7.89. The molecule has 0 aliphatic rings. The zero-order chi connectivity index (χ0) is 15.0. The minimum absolute atomic E-state index is 0. The van der Waals surface area contributed by atoms with E-state index in [-0.39, 0.29) is 23.1 Å². The minimum atomic E-state index is -3.64. The molecule has 0 bridgehead atoms. The lowest BCUT2D eigenvalue weighted by Crippen LogP contribution is -2.32. The van der Waals surface area contributed by atoms with Gasteiger partial charge in [-0.15, -0.1) is 12.4 Å². The second kappa shape index (κ2) is 9.58. The fourth-order valence-corrected chi connectivity index (χ4v) is 2.79. The molecule has 118 valence electrons. The van der Waals surface area contributed by atoms with Crippen molar-refractivity contribution < 1.29 is 13.2 Å². The summed E-state index contributed by atoms with van der Waals surface area (Å²) in [5.74, 6) is 0.165. The lowest BCUT2D eigenvalue weighted by molar-refractivity contribution is 0.402. The Morgan fingerprint density at radius 1 is 1.29 bits per heavy atom. The van der Waals surface area contributed by atoms with Crippen LogP contribution in [0.5, 0.6) is 5.75 Å². The fourth-order valence-electron chi connectivity index (χ4n) is 1.61. The summed E-state index contributed by atoms with van der Waals surface area (Å²) in [5.41, 5.74) is 0.352. The van der Waals surface area contributed by atoms with Crippen molar-refractivity contribution in [3.8, 4) is 11.8 Å². The van der Waals surface area contributed by atoms with E-state index >= 15 is 0 Å². The molecular formula is C13H20ClN3O3S. The Balaban J connectivity index is 0.00000400. The molecule has 1 rings (SSSR count). The van der Waals surface area contributed by atoms with E-state index in [0.29, 0.717) is 18.7 Å². The van der Waals surface area contributed by atoms with Gasteiger partial charge in [0.05, 0.1) is 18.7 Å². The number of nitrogens with zero attached hydrogens (tertiary/aromatic N) is 1. The molecule has 0 aliphatic heterocycles. The van der Waals surface area contributed by atoms with Crippen molar-refractivity contribution in [3.05, 3.63) is 23.8 Å². The van der Waals surface area contributed by atoms with Crippen molar-refractivity contribution in [2.24, 2.45) is 0 Å². The van der Waals surface area contributed by atoms with Crippen LogP contribution in [-0.2, 0) is 10.0 Å². The number of methoxy groups -OCH3 is 1. The first-order valence-electron chi connectivity index (χ1n) is 6.33. The molecule has 0 heterocycles. The SMILES string of the molecule is CCCNCCNS(=O)(=O)c1ccc(C#N)cc1OC.Cl. The molecule has 0 saturated carbocycles. The number of hydrogen-bond donors (Lipinski definition) is 2. The smallest absolute Gasteiger partial charge is 0.244 e. The molecule has 0 saturated heterocycles. The summed E-state index contributed by atoms with van der Waals surface area (Å²) in [7, 11) is -2.27. The van der Waals surface area contributed by atoms with Crippen molar-refractivity contribution >= 4 is 22.4 Å². The highest BCUT2D eigenvalue weighted by atomic mass is 35.5. The van der Waals surface area contributed by atoms with Crippen LogP contribution < -0.4 is 14.8 Å². The monoisotopic (exact) mass is 333 g/mol. The van der Waals surface area contributed by atoms with E-state index in [1.165, 1.54) is 25.3 Å². The van der Waals surface area contributed by atoms with Gasteiger partial charge >= 0.3 is 0 Å². The summed E-state index contributed by atoms with van der Waals surface area (Å²) in [6.45, 7) is 3.75. The molecule has 0 fully saturated rings. The molecular weight excluding hydrogens is 314 g/mol. The van der Waals surface area contributed by atoms with E-state index in [4.69, 9.17) is 10.00 Å². The molecule has 6 nitrogen and oxygen atoms in total. The summed E-state index contributed by atoms with van der Waals surface area (Å²) < 4.78 is 31.8. The lowest BCUT2D eigenvalue weighted by Gasteiger charge is -2.11. The fraction of sp³-hybridized carbons (Fsp3) is 0.462. The molecule has 0 aromatic heterocycles. The van der Waals surface area contributed by atoms with E-state index in [1.807, 2.05) is 13.0 Å². The highest BCUT2D eigenvalue weighted by Gasteiger charge is 2.19. The zero-order valence-electron chi connectivity index (χ0n) is 12.0. The highest BCUT2D eigenvalue weighted by Crippen LogP contribution is 2.24. The van der Waals surface area contributed by atoms with Gasteiger partial charge < -0.3 is 10.1 Å². The summed E-state index contributed by atoms with van der Waals surface area (Å²) in [5, 5.41) is 11.9. The maximum absolute atomic E-state index is 12.1. The molecule has 21 heavy (non-hydrogen) atoms. The number of hydrogen-bond acceptors (Lipinski definition) is 5. The van der Waals surface area contributed by atoms with Crippen LogP contribution in [0.2, 0.25) is 0 Å². The Bertz CT molecular complexity index is 585. The first-order valence-corrected chi connectivity index (χ1v) is 7.82. The molecule has 0 aliphatic carbocycles. The summed E-state index contributed by atoms with van der Waals surface area (Å²) in [6.07, 6.45) is 0.996. The molecule has 0 spiro atoms. The average Bonchev–Trinajstić information content (AvgIpc) is 2.46. The van der Waals surface area contributed by atoms with E-state index in [0.717, 1.165) is 13.0 Å². The molecule has 2 N–H and O–H groups in total. The van der Waals surface area contributed by atoms with Crippen molar-refractivity contribution in [2.75, 3.05) is 26.7 Å². The van der Waals surface area contributed by atoms with Gasteiger partial charge in [0.25, 0.3) is 0 Å². The van der Waals surface area contributed by atoms with Gasteiger partial charge in [-0.25, -0.2) is 13.1 Å². The van der Waals surface area contributed by atoms with E-state index < -0.39 is 10.0 Å². The van der Waals surface area contributed by atoms with Gasteiger partial charge in [0.1, 0.15) is 10.6 Å². The number of nitriles is 1. The quantitative estimate of drug-likeness (QED) is 0.699. The standard InChI is InChI=1S/C13H19N3O3S.ClH/c1-3-6-15-7-8-16-20(17,18)13-5-4-11(10-14)9-12(13)19-2;/h4-5,9,15-16H,3,6-8H2,1-2H3;1H. The van der Waals surface area contributed by atoms with E-state index in [1.54, 1.807) is 0 Å². The van der Waals surface area contributed by atoms with Gasteiger partial charge in [0.15, 0.2) is 0 Å². The number of halogens is 1. The first-order chi connectivity index (χ1) is 9.55. The van der Waals surface area contributed by atoms with Crippen molar-refractivity contribution in [2.45, 2.75) is 18.2 Å². The zero-order valence-corrected chi connectivity index (χ0v) is 13.7. The van der Waals surface area contributed by atoms with Crippen LogP contribution >= 0.6 is 12.4 Å². The van der Waals surface area contributed by atoms with Crippen LogP contribution in [0.1, 0.15) is 18.9 Å². The van der Waals surface area contributed by atoms with Gasteiger partial charge in [-0.1, -0.05) is 6.92 Å². The third-order valence-electron chi connectivity index (χ3n) is 2.60.